The van der Waals surface area contributed by atoms with Crippen molar-refractivity contribution in [1.29, 1.82) is 0 Å². The van der Waals surface area contributed by atoms with Gasteiger partial charge in [0.05, 0.1) is 0 Å². The SMILES string of the molecule is CCC[C@H](NC(=O)N1CCC(C)(C)CC1)C(=O)O. The summed E-state index contributed by atoms with van der Waals surface area (Å²) in [4.78, 5) is 24.6. The standard InChI is InChI=1S/C13H24N2O3/c1-4-5-10(11(16)17)14-12(18)15-8-6-13(2,3)7-9-15/h10H,4-9H2,1-3H3,(H,14,18)(H,16,17)/t10-/m0/s1. The van der Waals surface area contributed by atoms with Crippen molar-refractivity contribution < 1.29 is 14.7 Å². The number of nitrogens with zero attached hydrogens (tertiary/aromatic N) is 1. The Labute approximate surface area is 109 Å². The van der Waals surface area contributed by atoms with Crippen molar-refractivity contribution in [3.8, 4) is 0 Å². The third-order valence-corrected chi connectivity index (χ3v) is 3.58. The van der Waals surface area contributed by atoms with Crippen LogP contribution >= 0.6 is 0 Å². The number of carbonyl (C=O) groups excluding carboxylic acids is 1. The van der Waals surface area contributed by atoms with Gasteiger partial charge in [0, 0.05) is 13.1 Å². The molecule has 0 radical (unpaired) electrons. The van der Waals surface area contributed by atoms with Gasteiger partial charge in [0.1, 0.15) is 6.04 Å². The predicted molar refractivity (Wildman–Crippen MR) is 69.5 cm³/mol. The maximum absolute atomic E-state index is 12.0. The van der Waals surface area contributed by atoms with Crippen molar-refractivity contribution in [3.63, 3.8) is 0 Å². The van der Waals surface area contributed by atoms with Gasteiger partial charge in [-0.15, -0.1) is 0 Å². The second-order valence-corrected chi connectivity index (χ2v) is 5.78. The molecule has 1 heterocycles. The van der Waals surface area contributed by atoms with Gasteiger partial charge in [0.15, 0.2) is 0 Å². The maximum Gasteiger partial charge on any atom is 0.326 e. The summed E-state index contributed by atoms with van der Waals surface area (Å²) < 4.78 is 0. The van der Waals surface area contributed by atoms with Gasteiger partial charge in [0.2, 0.25) is 0 Å². The number of nitrogens with one attached hydrogen (secondary N) is 1. The summed E-state index contributed by atoms with van der Waals surface area (Å²) in [6, 6.07) is -1.01. The van der Waals surface area contributed by atoms with Gasteiger partial charge in [-0.05, 0) is 24.7 Å². The van der Waals surface area contributed by atoms with E-state index < -0.39 is 12.0 Å². The van der Waals surface area contributed by atoms with E-state index >= 15 is 0 Å². The van der Waals surface area contributed by atoms with Crippen LogP contribution in [0, 0.1) is 5.41 Å². The van der Waals surface area contributed by atoms with Crippen LogP contribution in [0.1, 0.15) is 46.5 Å². The van der Waals surface area contributed by atoms with Crippen molar-refractivity contribution >= 4 is 12.0 Å². The van der Waals surface area contributed by atoms with Crippen LogP contribution in [0.15, 0.2) is 0 Å². The van der Waals surface area contributed by atoms with Crippen LogP contribution < -0.4 is 5.32 Å². The number of urea groups is 1. The number of piperidine rings is 1. The molecule has 104 valence electrons. The van der Waals surface area contributed by atoms with Gasteiger partial charge in [-0.3, -0.25) is 0 Å². The molecule has 1 fully saturated rings. The maximum atomic E-state index is 12.0. The Balaban J connectivity index is 2.47. The Hall–Kier alpha value is -1.26. The molecule has 0 spiro atoms. The zero-order chi connectivity index (χ0) is 13.8. The summed E-state index contributed by atoms with van der Waals surface area (Å²) in [5.41, 5.74) is 0.284. The Morgan fingerprint density at radius 2 is 1.89 bits per heavy atom. The van der Waals surface area contributed by atoms with Crippen LogP contribution in [-0.4, -0.2) is 41.1 Å². The highest BCUT2D eigenvalue weighted by molar-refractivity contribution is 5.82. The zero-order valence-electron chi connectivity index (χ0n) is 11.5. The number of hydrogen-bond acceptors (Lipinski definition) is 2. The van der Waals surface area contributed by atoms with E-state index in [2.05, 4.69) is 19.2 Å². The van der Waals surface area contributed by atoms with Crippen molar-refractivity contribution in [3.05, 3.63) is 0 Å². The summed E-state index contributed by atoms with van der Waals surface area (Å²) in [6.45, 7) is 7.71. The number of rotatable bonds is 4. The molecule has 5 heteroatoms. The quantitative estimate of drug-likeness (QED) is 0.809. The molecule has 1 aliphatic heterocycles. The van der Waals surface area contributed by atoms with E-state index in [0.717, 1.165) is 19.3 Å². The average Bonchev–Trinajstić information content (AvgIpc) is 2.28. The minimum absolute atomic E-state index is 0.244. The minimum Gasteiger partial charge on any atom is -0.480 e. The number of hydrogen-bond donors (Lipinski definition) is 2. The molecule has 5 nitrogen and oxygen atoms in total. The second-order valence-electron chi connectivity index (χ2n) is 5.78. The lowest BCUT2D eigenvalue weighted by atomic mass is 9.83. The molecule has 1 aliphatic rings. The Kier molecular flexibility index (Phi) is 4.99. The predicted octanol–water partition coefficient (Wildman–Crippen LogP) is 2.07. The smallest absolute Gasteiger partial charge is 0.326 e. The topological polar surface area (TPSA) is 69.6 Å². The van der Waals surface area contributed by atoms with Gasteiger partial charge < -0.3 is 15.3 Å². The van der Waals surface area contributed by atoms with E-state index in [9.17, 15) is 9.59 Å². The van der Waals surface area contributed by atoms with Crippen LogP contribution in [0.2, 0.25) is 0 Å². The second kappa shape index (κ2) is 6.07. The lowest BCUT2D eigenvalue weighted by molar-refractivity contribution is -0.139. The summed E-state index contributed by atoms with van der Waals surface area (Å²) in [7, 11) is 0. The number of carboxylic acid groups (broad SMARTS) is 1. The number of carbonyl (C=O) groups is 2. The molecule has 0 aromatic heterocycles. The fourth-order valence-corrected chi connectivity index (χ4v) is 2.10. The Bertz CT molecular complexity index is 305. The van der Waals surface area contributed by atoms with E-state index in [1.165, 1.54) is 0 Å². The molecule has 0 unspecified atom stereocenters. The molecular formula is C13H24N2O3. The monoisotopic (exact) mass is 256 g/mol. The summed E-state index contributed by atoms with van der Waals surface area (Å²) in [6.07, 6.45) is 3.14. The normalized spacial score (nSPS) is 20.3. The number of aliphatic carboxylic acids is 1. The highest BCUT2D eigenvalue weighted by Gasteiger charge is 2.29. The van der Waals surface area contributed by atoms with E-state index in [-0.39, 0.29) is 11.4 Å². The highest BCUT2D eigenvalue weighted by atomic mass is 16.4. The first-order chi connectivity index (χ1) is 8.35. The van der Waals surface area contributed by atoms with Crippen LogP contribution in [-0.2, 0) is 4.79 Å². The van der Waals surface area contributed by atoms with Crippen LogP contribution in [0.5, 0.6) is 0 Å². The summed E-state index contributed by atoms with van der Waals surface area (Å²) >= 11 is 0. The van der Waals surface area contributed by atoms with Crippen molar-refractivity contribution in [2.45, 2.75) is 52.5 Å². The summed E-state index contributed by atoms with van der Waals surface area (Å²) in [5, 5.41) is 11.6. The average molecular weight is 256 g/mol. The minimum atomic E-state index is -0.956. The fraction of sp³-hybridized carbons (Fsp3) is 0.846. The molecule has 1 saturated heterocycles. The van der Waals surface area contributed by atoms with E-state index in [1.807, 2.05) is 6.92 Å². The van der Waals surface area contributed by atoms with Gasteiger partial charge in [-0.1, -0.05) is 27.2 Å². The molecule has 1 rings (SSSR count). The molecule has 0 aromatic rings. The Morgan fingerprint density at radius 3 is 2.33 bits per heavy atom. The molecular weight excluding hydrogens is 232 g/mol. The third kappa shape index (κ3) is 4.20. The first-order valence-electron chi connectivity index (χ1n) is 6.64. The highest BCUT2D eigenvalue weighted by Crippen LogP contribution is 2.29. The molecule has 0 saturated carbocycles. The van der Waals surface area contributed by atoms with Crippen molar-refractivity contribution in [2.75, 3.05) is 13.1 Å². The molecule has 0 aromatic carbocycles. The van der Waals surface area contributed by atoms with Crippen LogP contribution in [0.3, 0.4) is 0 Å². The van der Waals surface area contributed by atoms with E-state index in [1.54, 1.807) is 4.90 Å². The van der Waals surface area contributed by atoms with E-state index in [0.29, 0.717) is 19.5 Å². The molecule has 0 aliphatic carbocycles. The van der Waals surface area contributed by atoms with Gasteiger partial charge >= 0.3 is 12.0 Å². The molecule has 2 N–H and O–H groups in total. The van der Waals surface area contributed by atoms with Gasteiger partial charge in [0.25, 0.3) is 0 Å². The van der Waals surface area contributed by atoms with Crippen molar-refractivity contribution in [2.24, 2.45) is 5.41 Å². The zero-order valence-corrected chi connectivity index (χ0v) is 11.5. The van der Waals surface area contributed by atoms with Crippen LogP contribution in [0.4, 0.5) is 4.79 Å². The van der Waals surface area contributed by atoms with Crippen molar-refractivity contribution in [1.82, 2.24) is 10.2 Å². The molecule has 1 atom stereocenters. The number of likely N-dealkylation sites (tertiary alicyclic amines) is 1. The summed E-state index contributed by atoms with van der Waals surface area (Å²) in [5.74, 6) is -0.956. The third-order valence-electron chi connectivity index (χ3n) is 3.58. The van der Waals surface area contributed by atoms with Gasteiger partial charge in [-0.25, -0.2) is 9.59 Å². The first-order valence-corrected chi connectivity index (χ1v) is 6.64. The van der Waals surface area contributed by atoms with E-state index in [4.69, 9.17) is 5.11 Å². The number of amides is 2. The molecule has 0 bridgehead atoms. The fourth-order valence-electron chi connectivity index (χ4n) is 2.10. The lowest BCUT2D eigenvalue weighted by Crippen LogP contribution is -2.51. The largest absolute Gasteiger partial charge is 0.480 e. The van der Waals surface area contributed by atoms with Gasteiger partial charge in [-0.2, -0.15) is 0 Å². The lowest BCUT2D eigenvalue weighted by Gasteiger charge is -2.37. The first kappa shape index (κ1) is 14.8. The van der Waals surface area contributed by atoms with Crippen LogP contribution in [0.25, 0.3) is 0 Å². The molecule has 18 heavy (non-hydrogen) atoms. The Morgan fingerprint density at radius 1 is 1.33 bits per heavy atom. The molecule has 2 amide bonds. The number of carboxylic acids is 1.